The first kappa shape index (κ1) is 15.1. The molecule has 0 saturated heterocycles. The van der Waals surface area contributed by atoms with Crippen LogP contribution < -0.4 is 4.74 Å². The van der Waals surface area contributed by atoms with Gasteiger partial charge in [-0.05, 0) is 38.5 Å². The fourth-order valence-electron chi connectivity index (χ4n) is 1.92. The summed E-state index contributed by atoms with van der Waals surface area (Å²) < 4.78 is 5.71. The summed E-state index contributed by atoms with van der Waals surface area (Å²) >= 11 is 12.4. The minimum absolute atomic E-state index is 0.148. The number of hydrogen-bond donors (Lipinski definition) is 0. The number of hydrogen-bond acceptors (Lipinski definition) is 3. The molecule has 2 rings (SSSR count). The first-order valence-corrected chi connectivity index (χ1v) is 7.12. The van der Waals surface area contributed by atoms with Crippen LogP contribution in [-0.4, -0.2) is 17.4 Å². The summed E-state index contributed by atoms with van der Waals surface area (Å²) in [5.74, 6) is 0.674. The molecule has 1 heterocycles. The molecule has 20 heavy (non-hydrogen) atoms. The number of ether oxygens (including phenoxy) is 1. The standard InChI is InChI=1S/C15H15Cl2NO2/c1-9-5-6-11-12(16)8-13(17)15(14(11)18-9)20-7-3-4-10(2)19/h5-6,8H,3-4,7H2,1-2H3. The van der Waals surface area contributed by atoms with Gasteiger partial charge in [-0.2, -0.15) is 0 Å². The summed E-state index contributed by atoms with van der Waals surface area (Å²) in [6, 6.07) is 5.45. The molecule has 0 radical (unpaired) electrons. The second-order valence-corrected chi connectivity index (χ2v) is 5.49. The quantitative estimate of drug-likeness (QED) is 0.758. The zero-order valence-corrected chi connectivity index (χ0v) is 12.9. The molecule has 2 aromatic rings. The van der Waals surface area contributed by atoms with Gasteiger partial charge in [-0.1, -0.05) is 23.2 Å². The van der Waals surface area contributed by atoms with Gasteiger partial charge >= 0.3 is 0 Å². The SMILES string of the molecule is CC(=O)CCCOc1c(Cl)cc(Cl)c2ccc(C)nc12. The molecule has 106 valence electrons. The monoisotopic (exact) mass is 311 g/mol. The van der Waals surface area contributed by atoms with E-state index in [0.29, 0.717) is 40.8 Å². The largest absolute Gasteiger partial charge is 0.490 e. The van der Waals surface area contributed by atoms with Crippen molar-refractivity contribution in [1.29, 1.82) is 0 Å². The number of ketones is 1. The third-order valence-electron chi connectivity index (χ3n) is 2.90. The van der Waals surface area contributed by atoms with E-state index in [1.807, 2.05) is 19.1 Å². The lowest BCUT2D eigenvalue weighted by molar-refractivity contribution is -0.117. The van der Waals surface area contributed by atoms with Gasteiger partial charge in [-0.25, -0.2) is 4.98 Å². The maximum Gasteiger partial charge on any atom is 0.164 e. The van der Waals surface area contributed by atoms with Gasteiger partial charge in [0.05, 0.1) is 16.7 Å². The Hall–Kier alpha value is -1.32. The van der Waals surface area contributed by atoms with Crippen molar-refractivity contribution in [3.63, 3.8) is 0 Å². The highest BCUT2D eigenvalue weighted by atomic mass is 35.5. The number of rotatable bonds is 5. The molecule has 0 amide bonds. The molecule has 0 aliphatic heterocycles. The van der Waals surface area contributed by atoms with Crippen LogP contribution >= 0.6 is 23.2 Å². The normalized spacial score (nSPS) is 10.8. The zero-order valence-electron chi connectivity index (χ0n) is 11.4. The highest BCUT2D eigenvalue weighted by Crippen LogP contribution is 2.37. The van der Waals surface area contributed by atoms with Crippen LogP contribution in [0.15, 0.2) is 18.2 Å². The van der Waals surface area contributed by atoms with Gasteiger partial charge in [-0.3, -0.25) is 0 Å². The van der Waals surface area contributed by atoms with Crippen LogP contribution in [0.25, 0.3) is 10.9 Å². The number of aryl methyl sites for hydroxylation is 1. The van der Waals surface area contributed by atoms with Crippen molar-refractivity contribution in [2.24, 2.45) is 0 Å². The maximum atomic E-state index is 10.9. The van der Waals surface area contributed by atoms with Gasteiger partial charge in [0, 0.05) is 17.5 Å². The summed E-state index contributed by atoms with van der Waals surface area (Å²) in [6.45, 7) is 3.88. The van der Waals surface area contributed by atoms with Gasteiger partial charge < -0.3 is 9.53 Å². The predicted molar refractivity (Wildman–Crippen MR) is 81.9 cm³/mol. The van der Waals surface area contributed by atoms with E-state index in [4.69, 9.17) is 27.9 Å². The van der Waals surface area contributed by atoms with Crippen molar-refractivity contribution in [2.75, 3.05) is 6.61 Å². The second-order valence-electron chi connectivity index (χ2n) is 4.67. The van der Waals surface area contributed by atoms with Gasteiger partial charge in [0.2, 0.25) is 0 Å². The highest BCUT2D eigenvalue weighted by molar-refractivity contribution is 6.39. The van der Waals surface area contributed by atoms with E-state index in [1.54, 1.807) is 13.0 Å². The van der Waals surface area contributed by atoms with Crippen LogP contribution in [-0.2, 0) is 4.79 Å². The third-order valence-corrected chi connectivity index (χ3v) is 3.49. The molecule has 0 saturated carbocycles. The van der Waals surface area contributed by atoms with Crippen molar-refractivity contribution in [1.82, 2.24) is 4.98 Å². The number of fused-ring (bicyclic) bond motifs is 1. The van der Waals surface area contributed by atoms with Crippen LogP contribution in [0.1, 0.15) is 25.5 Å². The fourth-order valence-corrected chi connectivity index (χ4v) is 2.49. The van der Waals surface area contributed by atoms with Crippen LogP contribution in [0.2, 0.25) is 10.0 Å². The van der Waals surface area contributed by atoms with Crippen LogP contribution in [0.5, 0.6) is 5.75 Å². The molecule has 1 aromatic carbocycles. The number of halogens is 2. The number of aromatic nitrogens is 1. The molecule has 0 unspecified atom stereocenters. The summed E-state index contributed by atoms with van der Waals surface area (Å²) in [7, 11) is 0. The molecule has 3 nitrogen and oxygen atoms in total. The maximum absolute atomic E-state index is 10.9. The van der Waals surface area contributed by atoms with Crippen LogP contribution in [0, 0.1) is 6.92 Å². The number of nitrogens with zero attached hydrogens (tertiary/aromatic N) is 1. The molecule has 0 bridgehead atoms. The molecule has 5 heteroatoms. The second kappa shape index (κ2) is 6.42. The van der Waals surface area contributed by atoms with Crippen LogP contribution in [0.3, 0.4) is 0 Å². The number of Topliss-reactive ketones (excluding diaryl/α,β-unsaturated/α-hetero) is 1. The number of carbonyl (C=O) groups is 1. The average Bonchev–Trinajstić information content (AvgIpc) is 2.36. The molecule has 0 aliphatic carbocycles. The Morgan fingerprint density at radius 1 is 1.30 bits per heavy atom. The first-order chi connectivity index (χ1) is 9.49. The summed E-state index contributed by atoms with van der Waals surface area (Å²) in [5, 5.41) is 1.79. The highest BCUT2D eigenvalue weighted by Gasteiger charge is 2.13. The van der Waals surface area contributed by atoms with E-state index in [9.17, 15) is 4.79 Å². The van der Waals surface area contributed by atoms with Gasteiger partial charge in [-0.15, -0.1) is 0 Å². The Bertz CT molecular complexity index is 656. The molecular weight excluding hydrogens is 297 g/mol. The molecule has 0 N–H and O–H groups in total. The molecule has 0 aliphatic rings. The molecule has 0 spiro atoms. The number of carbonyl (C=O) groups excluding carboxylic acids is 1. The van der Waals surface area contributed by atoms with Crippen LogP contribution in [0.4, 0.5) is 0 Å². The smallest absolute Gasteiger partial charge is 0.164 e. The lowest BCUT2D eigenvalue weighted by Gasteiger charge is -2.12. The average molecular weight is 312 g/mol. The van der Waals surface area contributed by atoms with E-state index < -0.39 is 0 Å². The van der Waals surface area contributed by atoms with E-state index >= 15 is 0 Å². The first-order valence-electron chi connectivity index (χ1n) is 6.36. The minimum atomic E-state index is 0.148. The Kier molecular flexibility index (Phi) is 4.84. The summed E-state index contributed by atoms with van der Waals surface area (Å²) in [5.41, 5.74) is 1.52. The third kappa shape index (κ3) is 3.41. The zero-order chi connectivity index (χ0) is 14.7. The number of pyridine rings is 1. The summed E-state index contributed by atoms with van der Waals surface area (Å²) in [6.07, 6.45) is 1.15. The number of benzene rings is 1. The van der Waals surface area contributed by atoms with Crippen molar-refractivity contribution < 1.29 is 9.53 Å². The summed E-state index contributed by atoms with van der Waals surface area (Å²) in [4.78, 5) is 15.4. The van der Waals surface area contributed by atoms with Crippen molar-refractivity contribution >= 4 is 39.9 Å². The Labute approximate surface area is 127 Å². The lowest BCUT2D eigenvalue weighted by atomic mass is 10.2. The predicted octanol–water partition coefficient (Wildman–Crippen LogP) is 4.60. The molecule has 0 atom stereocenters. The molecule has 1 aromatic heterocycles. The Balaban J connectivity index is 2.31. The molecular formula is C15H15Cl2NO2. The minimum Gasteiger partial charge on any atom is -0.490 e. The van der Waals surface area contributed by atoms with Crippen molar-refractivity contribution in [2.45, 2.75) is 26.7 Å². The van der Waals surface area contributed by atoms with E-state index in [1.165, 1.54) is 0 Å². The van der Waals surface area contributed by atoms with Crippen molar-refractivity contribution in [3.05, 3.63) is 33.9 Å². The van der Waals surface area contributed by atoms with E-state index in [-0.39, 0.29) is 5.78 Å². The van der Waals surface area contributed by atoms with Gasteiger partial charge in [0.1, 0.15) is 11.3 Å². The van der Waals surface area contributed by atoms with E-state index in [0.717, 1.165) is 11.1 Å². The lowest BCUT2D eigenvalue weighted by Crippen LogP contribution is -2.02. The fraction of sp³-hybridized carbons (Fsp3) is 0.333. The van der Waals surface area contributed by atoms with Gasteiger partial charge in [0.15, 0.2) is 5.75 Å². The Morgan fingerprint density at radius 3 is 2.75 bits per heavy atom. The topological polar surface area (TPSA) is 39.2 Å². The van der Waals surface area contributed by atoms with E-state index in [2.05, 4.69) is 4.98 Å². The van der Waals surface area contributed by atoms with Gasteiger partial charge in [0.25, 0.3) is 0 Å². The molecule has 0 fully saturated rings. The Morgan fingerprint density at radius 2 is 2.05 bits per heavy atom. The van der Waals surface area contributed by atoms with Crippen molar-refractivity contribution in [3.8, 4) is 5.75 Å².